The van der Waals surface area contributed by atoms with Gasteiger partial charge in [0.25, 0.3) is 5.91 Å². The molecule has 0 aliphatic heterocycles. The molecule has 0 saturated carbocycles. The third kappa shape index (κ3) is 4.45. The Morgan fingerprint density at radius 2 is 1.68 bits per heavy atom. The summed E-state index contributed by atoms with van der Waals surface area (Å²) >= 11 is 0. The third-order valence-corrected chi connectivity index (χ3v) is 4.78. The van der Waals surface area contributed by atoms with Gasteiger partial charge in [-0.1, -0.05) is 30.3 Å². The molecule has 144 valence electrons. The normalized spacial score (nSPS) is 11.2. The Kier molecular flexibility index (Phi) is 5.30. The molecule has 0 aliphatic carbocycles. The van der Waals surface area contributed by atoms with E-state index in [1.54, 1.807) is 24.3 Å². The fourth-order valence-electron chi connectivity index (χ4n) is 2.55. The third-order valence-electron chi connectivity index (χ3n) is 3.86. The smallest absolute Gasteiger partial charge is 0.342 e. The zero-order valence-corrected chi connectivity index (χ0v) is 15.3. The van der Waals surface area contributed by atoms with Crippen LogP contribution in [-0.4, -0.2) is 32.0 Å². The molecule has 0 unspecified atom stereocenters. The number of phenols is 1. The van der Waals surface area contributed by atoms with Crippen LogP contribution >= 0.6 is 0 Å². The Hall–Kier alpha value is -3.43. The van der Waals surface area contributed by atoms with E-state index in [1.165, 1.54) is 36.4 Å². The lowest BCUT2D eigenvalue weighted by molar-refractivity contribution is -0.119. The van der Waals surface area contributed by atoms with E-state index in [9.17, 15) is 23.1 Å². The number of amides is 1. The van der Waals surface area contributed by atoms with E-state index in [2.05, 4.69) is 5.32 Å². The van der Waals surface area contributed by atoms with E-state index >= 15 is 0 Å². The van der Waals surface area contributed by atoms with Gasteiger partial charge in [-0.05, 0) is 41.1 Å². The Bertz CT molecular complexity index is 1170. The highest BCUT2D eigenvalue weighted by atomic mass is 32.2. The molecule has 4 N–H and O–H groups in total. The first-order chi connectivity index (χ1) is 13.2. The Balaban J connectivity index is 1.66. The van der Waals surface area contributed by atoms with Crippen molar-refractivity contribution in [2.24, 2.45) is 5.14 Å². The van der Waals surface area contributed by atoms with E-state index in [1.807, 2.05) is 0 Å². The molecule has 0 heterocycles. The van der Waals surface area contributed by atoms with E-state index in [0.29, 0.717) is 0 Å². The molecular formula is C19H16N2O6S. The molecule has 3 aromatic rings. The number of hydrogen-bond acceptors (Lipinski definition) is 6. The number of fused-ring (bicyclic) bond motifs is 1. The molecule has 3 aromatic carbocycles. The number of aromatic hydroxyl groups is 1. The van der Waals surface area contributed by atoms with Crippen molar-refractivity contribution in [3.8, 4) is 5.75 Å². The summed E-state index contributed by atoms with van der Waals surface area (Å²) in [6.45, 7) is -0.620. The molecule has 0 fully saturated rings. The second kappa shape index (κ2) is 7.67. The summed E-state index contributed by atoms with van der Waals surface area (Å²) < 4.78 is 27.6. The topological polar surface area (TPSA) is 136 Å². The number of carbonyl (C=O) groups excluding carboxylic acids is 2. The van der Waals surface area contributed by atoms with Gasteiger partial charge in [0.15, 0.2) is 6.61 Å². The van der Waals surface area contributed by atoms with Crippen LogP contribution in [0.15, 0.2) is 65.6 Å². The Morgan fingerprint density at radius 1 is 1.00 bits per heavy atom. The van der Waals surface area contributed by atoms with E-state index in [0.717, 1.165) is 10.8 Å². The molecule has 3 rings (SSSR count). The number of ether oxygens (including phenoxy) is 1. The van der Waals surface area contributed by atoms with Crippen molar-refractivity contribution in [3.05, 3.63) is 66.2 Å². The van der Waals surface area contributed by atoms with Crippen molar-refractivity contribution in [1.29, 1.82) is 0 Å². The van der Waals surface area contributed by atoms with Crippen molar-refractivity contribution in [1.82, 2.24) is 0 Å². The average molecular weight is 400 g/mol. The summed E-state index contributed by atoms with van der Waals surface area (Å²) in [7, 11) is -3.91. The lowest BCUT2D eigenvalue weighted by atomic mass is 10.1. The van der Waals surface area contributed by atoms with Crippen molar-refractivity contribution < 1.29 is 27.9 Å². The van der Waals surface area contributed by atoms with Gasteiger partial charge in [0, 0.05) is 5.69 Å². The maximum absolute atomic E-state index is 12.2. The summed E-state index contributed by atoms with van der Waals surface area (Å²) in [6.07, 6.45) is 0. The van der Waals surface area contributed by atoms with Crippen LogP contribution in [0, 0.1) is 0 Å². The number of primary sulfonamides is 1. The number of nitrogens with two attached hydrogens (primary N) is 1. The van der Waals surface area contributed by atoms with Gasteiger partial charge >= 0.3 is 5.97 Å². The second-order valence-electron chi connectivity index (χ2n) is 5.91. The van der Waals surface area contributed by atoms with Crippen molar-refractivity contribution in [2.45, 2.75) is 4.90 Å². The monoisotopic (exact) mass is 400 g/mol. The number of esters is 1. The van der Waals surface area contributed by atoms with Crippen LogP contribution in [-0.2, 0) is 19.6 Å². The molecule has 9 heteroatoms. The molecule has 0 spiro atoms. The van der Waals surface area contributed by atoms with Gasteiger partial charge in [-0.15, -0.1) is 0 Å². The van der Waals surface area contributed by atoms with Crippen LogP contribution in [0.4, 0.5) is 5.69 Å². The molecule has 0 atom stereocenters. The van der Waals surface area contributed by atoms with Gasteiger partial charge in [0.05, 0.1) is 4.90 Å². The van der Waals surface area contributed by atoms with Crippen LogP contribution in [0.3, 0.4) is 0 Å². The van der Waals surface area contributed by atoms with E-state index in [-0.39, 0.29) is 21.9 Å². The number of anilines is 1. The summed E-state index contributed by atoms with van der Waals surface area (Å²) in [5, 5.41) is 18.9. The molecule has 1 amide bonds. The fraction of sp³-hybridized carbons (Fsp3) is 0.0526. The number of hydrogen-bond donors (Lipinski definition) is 3. The molecular weight excluding hydrogens is 384 g/mol. The lowest BCUT2D eigenvalue weighted by Gasteiger charge is -2.09. The molecule has 0 bridgehead atoms. The zero-order chi connectivity index (χ0) is 20.3. The predicted octanol–water partition coefficient (Wildman–Crippen LogP) is 1.99. The number of carbonyl (C=O) groups is 2. The zero-order valence-electron chi connectivity index (χ0n) is 14.5. The number of phenolic OH excluding ortho intramolecular Hbond substituents is 1. The first kappa shape index (κ1) is 19.3. The minimum absolute atomic E-state index is 0.0669. The Labute approximate surface area is 160 Å². The van der Waals surface area contributed by atoms with Crippen molar-refractivity contribution in [3.63, 3.8) is 0 Å². The largest absolute Gasteiger partial charge is 0.507 e. The van der Waals surface area contributed by atoms with Crippen molar-refractivity contribution >= 4 is 38.4 Å². The van der Waals surface area contributed by atoms with E-state index in [4.69, 9.17) is 9.88 Å². The number of benzene rings is 3. The fourth-order valence-corrected chi connectivity index (χ4v) is 3.11. The summed E-state index contributed by atoms with van der Waals surface area (Å²) in [4.78, 5) is 24.0. The van der Waals surface area contributed by atoms with Crippen LogP contribution < -0.4 is 10.5 Å². The van der Waals surface area contributed by atoms with Gasteiger partial charge in [-0.25, -0.2) is 18.4 Å². The van der Waals surface area contributed by atoms with Crippen molar-refractivity contribution in [2.75, 3.05) is 11.9 Å². The first-order valence-corrected chi connectivity index (χ1v) is 9.60. The molecule has 0 radical (unpaired) electrons. The van der Waals surface area contributed by atoms with Gasteiger partial charge in [0.1, 0.15) is 11.3 Å². The quantitative estimate of drug-likeness (QED) is 0.561. The highest BCUT2D eigenvalue weighted by molar-refractivity contribution is 7.89. The highest BCUT2D eigenvalue weighted by Gasteiger charge is 2.16. The SMILES string of the molecule is NS(=O)(=O)c1cccc(NC(=O)COC(=O)c2cc3ccccc3cc2O)c1. The average Bonchev–Trinajstić information content (AvgIpc) is 2.65. The number of sulfonamides is 1. The summed E-state index contributed by atoms with van der Waals surface area (Å²) in [5.74, 6) is -1.80. The van der Waals surface area contributed by atoms with Crippen LogP contribution in [0.5, 0.6) is 5.75 Å². The molecule has 28 heavy (non-hydrogen) atoms. The van der Waals surface area contributed by atoms with Gasteiger partial charge in [0.2, 0.25) is 10.0 Å². The molecule has 8 nitrogen and oxygen atoms in total. The maximum atomic E-state index is 12.2. The number of rotatable bonds is 5. The maximum Gasteiger partial charge on any atom is 0.342 e. The lowest BCUT2D eigenvalue weighted by Crippen LogP contribution is -2.21. The predicted molar refractivity (Wildman–Crippen MR) is 102 cm³/mol. The van der Waals surface area contributed by atoms with Crippen LogP contribution in [0.2, 0.25) is 0 Å². The molecule has 0 aliphatic rings. The van der Waals surface area contributed by atoms with E-state index < -0.39 is 28.5 Å². The minimum atomic E-state index is -3.91. The van der Waals surface area contributed by atoms with Gasteiger partial charge < -0.3 is 15.2 Å². The Morgan fingerprint density at radius 3 is 2.36 bits per heavy atom. The molecule has 0 saturated heterocycles. The highest BCUT2D eigenvalue weighted by Crippen LogP contribution is 2.25. The number of nitrogens with one attached hydrogen (secondary N) is 1. The van der Waals surface area contributed by atoms with Gasteiger partial charge in [-0.2, -0.15) is 0 Å². The van der Waals surface area contributed by atoms with Crippen LogP contribution in [0.25, 0.3) is 10.8 Å². The first-order valence-electron chi connectivity index (χ1n) is 8.05. The molecule has 0 aromatic heterocycles. The van der Waals surface area contributed by atoms with Gasteiger partial charge in [-0.3, -0.25) is 4.79 Å². The minimum Gasteiger partial charge on any atom is -0.507 e. The summed E-state index contributed by atoms with van der Waals surface area (Å²) in [6, 6.07) is 15.4. The van der Waals surface area contributed by atoms with Crippen LogP contribution in [0.1, 0.15) is 10.4 Å². The second-order valence-corrected chi connectivity index (χ2v) is 7.48. The summed E-state index contributed by atoms with van der Waals surface area (Å²) in [5.41, 5.74) is 0.115. The standard InChI is InChI=1S/C19H16N2O6S/c20-28(25,26)15-7-3-6-14(10-15)21-18(23)11-27-19(24)16-8-12-4-1-2-5-13(12)9-17(16)22/h1-10,22H,11H2,(H,21,23)(H2,20,25,26).